The van der Waals surface area contributed by atoms with Gasteiger partial charge < -0.3 is 10.6 Å². The minimum absolute atomic E-state index is 0.102. The molecule has 1 fully saturated rings. The van der Waals surface area contributed by atoms with Crippen LogP contribution in [0.5, 0.6) is 0 Å². The van der Waals surface area contributed by atoms with Gasteiger partial charge in [0.1, 0.15) is 6.33 Å². The molecule has 0 bridgehead atoms. The zero-order valence-electron chi connectivity index (χ0n) is 15.1. The Morgan fingerprint density at radius 3 is 2.50 bits per heavy atom. The normalized spacial score (nSPS) is 14.3. The fourth-order valence-corrected chi connectivity index (χ4v) is 3.28. The summed E-state index contributed by atoms with van der Waals surface area (Å²) in [5, 5.41) is 17.9. The van der Waals surface area contributed by atoms with Crippen LogP contribution in [0.2, 0.25) is 0 Å². The molecule has 1 heterocycles. The SMILES string of the molecule is CCCCc1ccc(Nc2ncnc(NC3CCCC3)c2[N+](=O)[O-])cc1. The van der Waals surface area contributed by atoms with E-state index in [0.717, 1.165) is 50.6 Å². The highest BCUT2D eigenvalue weighted by molar-refractivity contribution is 5.73. The van der Waals surface area contributed by atoms with E-state index in [2.05, 4.69) is 27.5 Å². The molecule has 0 aliphatic heterocycles. The Morgan fingerprint density at radius 2 is 1.85 bits per heavy atom. The number of anilines is 3. The lowest BCUT2D eigenvalue weighted by atomic mass is 10.1. The Kier molecular flexibility index (Phi) is 5.99. The molecule has 138 valence electrons. The van der Waals surface area contributed by atoms with Crippen molar-refractivity contribution in [2.24, 2.45) is 0 Å². The van der Waals surface area contributed by atoms with Gasteiger partial charge in [-0.1, -0.05) is 38.3 Å². The van der Waals surface area contributed by atoms with Crippen molar-refractivity contribution in [2.75, 3.05) is 10.6 Å². The zero-order chi connectivity index (χ0) is 18.4. The Labute approximate surface area is 153 Å². The first-order valence-electron chi connectivity index (χ1n) is 9.29. The lowest BCUT2D eigenvalue weighted by Crippen LogP contribution is -2.17. The lowest BCUT2D eigenvalue weighted by molar-refractivity contribution is -0.383. The van der Waals surface area contributed by atoms with E-state index in [1.807, 2.05) is 24.3 Å². The van der Waals surface area contributed by atoms with Gasteiger partial charge in [0.15, 0.2) is 0 Å². The second kappa shape index (κ2) is 8.60. The van der Waals surface area contributed by atoms with Crippen molar-refractivity contribution in [1.82, 2.24) is 9.97 Å². The summed E-state index contributed by atoms with van der Waals surface area (Å²) in [5.41, 5.74) is 1.94. The van der Waals surface area contributed by atoms with Crippen molar-refractivity contribution in [3.8, 4) is 0 Å². The number of aromatic nitrogens is 2. The van der Waals surface area contributed by atoms with Gasteiger partial charge >= 0.3 is 5.69 Å². The van der Waals surface area contributed by atoms with Crippen molar-refractivity contribution in [3.05, 3.63) is 46.3 Å². The van der Waals surface area contributed by atoms with Crippen LogP contribution in [0.25, 0.3) is 0 Å². The molecular formula is C19H25N5O2. The molecule has 2 aromatic rings. The molecule has 1 aliphatic carbocycles. The Morgan fingerprint density at radius 1 is 1.15 bits per heavy atom. The second-order valence-corrected chi connectivity index (χ2v) is 6.73. The smallest absolute Gasteiger partial charge is 0.353 e. The molecule has 0 amide bonds. The molecule has 0 radical (unpaired) electrons. The molecule has 0 atom stereocenters. The van der Waals surface area contributed by atoms with Gasteiger partial charge in [-0.25, -0.2) is 9.97 Å². The maximum Gasteiger partial charge on any atom is 0.353 e. The average Bonchev–Trinajstić information content (AvgIpc) is 3.14. The van der Waals surface area contributed by atoms with Crippen LogP contribution in [0, 0.1) is 10.1 Å². The first kappa shape index (κ1) is 18.1. The van der Waals surface area contributed by atoms with Crippen LogP contribution in [0.15, 0.2) is 30.6 Å². The van der Waals surface area contributed by atoms with E-state index >= 15 is 0 Å². The van der Waals surface area contributed by atoms with E-state index in [-0.39, 0.29) is 17.5 Å². The van der Waals surface area contributed by atoms with Crippen LogP contribution in [-0.2, 0) is 6.42 Å². The summed E-state index contributed by atoms with van der Waals surface area (Å²) >= 11 is 0. The number of rotatable bonds is 8. The summed E-state index contributed by atoms with van der Waals surface area (Å²) in [4.78, 5) is 19.4. The largest absolute Gasteiger partial charge is 0.361 e. The fourth-order valence-electron chi connectivity index (χ4n) is 3.28. The molecule has 7 heteroatoms. The second-order valence-electron chi connectivity index (χ2n) is 6.73. The van der Waals surface area contributed by atoms with Crippen molar-refractivity contribution < 1.29 is 4.92 Å². The topological polar surface area (TPSA) is 93.0 Å². The van der Waals surface area contributed by atoms with E-state index in [1.165, 1.54) is 11.9 Å². The monoisotopic (exact) mass is 355 g/mol. The third kappa shape index (κ3) is 4.47. The molecule has 1 aromatic heterocycles. The van der Waals surface area contributed by atoms with Crippen LogP contribution in [-0.4, -0.2) is 20.9 Å². The number of nitro groups is 1. The van der Waals surface area contributed by atoms with Crippen molar-refractivity contribution >= 4 is 23.0 Å². The Hall–Kier alpha value is -2.70. The molecule has 1 saturated carbocycles. The Balaban J connectivity index is 1.79. The van der Waals surface area contributed by atoms with Crippen LogP contribution >= 0.6 is 0 Å². The molecule has 0 spiro atoms. The maximum atomic E-state index is 11.6. The first-order chi connectivity index (χ1) is 12.7. The van der Waals surface area contributed by atoms with Crippen molar-refractivity contribution in [2.45, 2.75) is 57.9 Å². The molecule has 2 N–H and O–H groups in total. The highest BCUT2D eigenvalue weighted by Gasteiger charge is 2.26. The van der Waals surface area contributed by atoms with Crippen LogP contribution in [0.4, 0.5) is 23.0 Å². The van der Waals surface area contributed by atoms with Gasteiger partial charge in [-0.3, -0.25) is 10.1 Å². The van der Waals surface area contributed by atoms with Gasteiger partial charge in [0.2, 0.25) is 11.6 Å². The van der Waals surface area contributed by atoms with Gasteiger partial charge in [-0.05, 0) is 43.4 Å². The van der Waals surface area contributed by atoms with E-state index in [1.54, 1.807) is 0 Å². The van der Waals surface area contributed by atoms with Gasteiger partial charge in [-0.2, -0.15) is 0 Å². The predicted octanol–water partition coefficient (Wildman–Crippen LogP) is 4.83. The van der Waals surface area contributed by atoms with Crippen LogP contribution < -0.4 is 10.6 Å². The third-order valence-corrected chi connectivity index (χ3v) is 4.74. The fraction of sp³-hybridized carbons (Fsp3) is 0.474. The van der Waals surface area contributed by atoms with Crippen LogP contribution in [0.3, 0.4) is 0 Å². The van der Waals surface area contributed by atoms with E-state index in [9.17, 15) is 10.1 Å². The number of nitrogens with one attached hydrogen (secondary N) is 2. The number of unbranched alkanes of at least 4 members (excludes halogenated alkanes) is 1. The van der Waals surface area contributed by atoms with Crippen molar-refractivity contribution in [1.29, 1.82) is 0 Å². The molecule has 26 heavy (non-hydrogen) atoms. The number of hydrogen-bond donors (Lipinski definition) is 2. The molecule has 7 nitrogen and oxygen atoms in total. The summed E-state index contributed by atoms with van der Waals surface area (Å²) in [6.45, 7) is 2.17. The number of benzene rings is 1. The number of aryl methyl sites for hydroxylation is 1. The zero-order valence-corrected chi connectivity index (χ0v) is 15.1. The molecular weight excluding hydrogens is 330 g/mol. The molecule has 0 saturated heterocycles. The maximum absolute atomic E-state index is 11.6. The van der Waals surface area contributed by atoms with E-state index in [0.29, 0.717) is 5.82 Å². The summed E-state index contributed by atoms with van der Waals surface area (Å²) in [6.07, 6.45) is 9.04. The van der Waals surface area contributed by atoms with Gasteiger partial charge in [0.25, 0.3) is 0 Å². The number of nitrogens with zero attached hydrogens (tertiary/aromatic N) is 3. The molecule has 0 unspecified atom stereocenters. The minimum Gasteiger partial charge on any atom is -0.361 e. The quantitative estimate of drug-likeness (QED) is 0.520. The lowest BCUT2D eigenvalue weighted by Gasteiger charge is -2.14. The van der Waals surface area contributed by atoms with Crippen LogP contribution in [0.1, 0.15) is 51.0 Å². The summed E-state index contributed by atoms with van der Waals surface area (Å²) in [6, 6.07) is 8.20. The van der Waals surface area contributed by atoms with Gasteiger partial charge in [0, 0.05) is 11.7 Å². The number of hydrogen-bond acceptors (Lipinski definition) is 6. The first-order valence-corrected chi connectivity index (χ1v) is 9.29. The van der Waals surface area contributed by atoms with Gasteiger partial charge in [0.05, 0.1) is 4.92 Å². The summed E-state index contributed by atoms with van der Waals surface area (Å²) < 4.78 is 0. The third-order valence-electron chi connectivity index (χ3n) is 4.74. The standard InChI is InChI=1S/C19H25N5O2/c1-2-3-6-14-9-11-16(12-10-14)23-19-17(24(25)26)18(20-13-21-19)22-15-7-4-5-8-15/h9-13,15H,2-8H2,1H3,(H2,20,21,22,23). The highest BCUT2D eigenvalue weighted by Crippen LogP contribution is 2.33. The van der Waals surface area contributed by atoms with Crippen molar-refractivity contribution in [3.63, 3.8) is 0 Å². The molecule has 1 aliphatic rings. The molecule has 3 rings (SSSR count). The minimum atomic E-state index is -0.421. The highest BCUT2D eigenvalue weighted by atomic mass is 16.6. The summed E-state index contributed by atoms with van der Waals surface area (Å²) in [7, 11) is 0. The van der Waals surface area contributed by atoms with E-state index in [4.69, 9.17) is 0 Å². The van der Waals surface area contributed by atoms with Gasteiger partial charge in [-0.15, -0.1) is 0 Å². The average molecular weight is 355 g/mol. The molecule has 1 aromatic carbocycles. The summed E-state index contributed by atoms with van der Waals surface area (Å²) in [5.74, 6) is 0.505. The Bertz CT molecular complexity index is 742. The van der Waals surface area contributed by atoms with E-state index < -0.39 is 4.92 Å². The predicted molar refractivity (Wildman–Crippen MR) is 103 cm³/mol.